The first-order valence-corrected chi connectivity index (χ1v) is 9.01. The van der Waals surface area contributed by atoms with Gasteiger partial charge in [-0.3, -0.25) is 9.89 Å². The molecule has 0 bridgehead atoms. The second-order valence-corrected chi connectivity index (χ2v) is 6.50. The average Bonchev–Trinajstić information content (AvgIpc) is 3.21. The molecule has 3 aromatic carbocycles. The van der Waals surface area contributed by atoms with Crippen molar-refractivity contribution in [2.45, 2.75) is 0 Å². The van der Waals surface area contributed by atoms with Gasteiger partial charge in [-0.15, -0.1) is 0 Å². The van der Waals surface area contributed by atoms with Crippen molar-refractivity contribution in [1.29, 1.82) is 0 Å². The number of hydrogen-bond donors (Lipinski definition) is 2. The zero-order valence-corrected chi connectivity index (χ0v) is 15.5. The molecule has 0 aliphatic carbocycles. The summed E-state index contributed by atoms with van der Waals surface area (Å²) in [4.78, 5) is 12.5. The maximum absolute atomic E-state index is 12.5. The maximum atomic E-state index is 12.5. The van der Waals surface area contributed by atoms with Gasteiger partial charge in [0.2, 0.25) is 0 Å². The van der Waals surface area contributed by atoms with Crippen LogP contribution in [0.2, 0.25) is 5.02 Å². The Morgan fingerprint density at radius 1 is 0.893 bits per heavy atom. The second kappa shape index (κ2) is 7.98. The number of benzene rings is 3. The van der Waals surface area contributed by atoms with E-state index in [4.69, 9.17) is 16.3 Å². The maximum Gasteiger partial charge on any atom is 0.273 e. The Morgan fingerprint density at radius 3 is 2.29 bits per heavy atom. The molecule has 4 aromatic rings. The Balaban J connectivity index is 1.41. The average molecular weight is 390 g/mol. The van der Waals surface area contributed by atoms with E-state index in [1.54, 1.807) is 42.5 Å². The summed E-state index contributed by atoms with van der Waals surface area (Å²) >= 11 is 5.90. The van der Waals surface area contributed by atoms with Gasteiger partial charge in [0.1, 0.15) is 17.2 Å². The van der Waals surface area contributed by atoms with E-state index >= 15 is 0 Å². The molecule has 0 spiro atoms. The molecule has 0 radical (unpaired) electrons. The summed E-state index contributed by atoms with van der Waals surface area (Å²) in [5, 5.41) is 10.4. The van der Waals surface area contributed by atoms with Crippen LogP contribution in [0.15, 0.2) is 84.9 Å². The highest BCUT2D eigenvalue weighted by molar-refractivity contribution is 6.30. The predicted octanol–water partition coefficient (Wildman–Crippen LogP) is 5.77. The van der Waals surface area contributed by atoms with Gasteiger partial charge in [-0.2, -0.15) is 5.10 Å². The van der Waals surface area contributed by atoms with E-state index in [1.165, 1.54) is 0 Å². The number of aromatic amines is 1. The molecular formula is C22H16ClN3O2. The van der Waals surface area contributed by atoms with Crippen molar-refractivity contribution in [3.05, 3.63) is 95.6 Å². The standard InChI is InChI=1S/C22H16ClN3O2/c23-16-8-6-15(7-9-16)20-14-21(26-25-20)22(27)24-17-10-12-19(13-11-17)28-18-4-2-1-3-5-18/h1-14H,(H,24,27)(H,25,26). The Morgan fingerprint density at radius 2 is 1.57 bits per heavy atom. The van der Waals surface area contributed by atoms with Crippen molar-refractivity contribution >= 4 is 23.2 Å². The molecule has 138 valence electrons. The Hall–Kier alpha value is -3.57. The summed E-state index contributed by atoms with van der Waals surface area (Å²) in [7, 11) is 0. The van der Waals surface area contributed by atoms with Gasteiger partial charge in [0.25, 0.3) is 5.91 Å². The number of amides is 1. The number of ether oxygens (including phenoxy) is 1. The number of carbonyl (C=O) groups excluding carboxylic acids is 1. The van der Waals surface area contributed by atoms with Gasteiger partial charge in [0.05, 0.1) is 5.69 Å². The van der Waals surface area contributed by atoms with Crippen LogP contribution in [0.25, 0.3) is 11.3 Å². The molecule has 0 atom stereocenters. The SMILES string of the molecule is O=C(Nc1ccc(Oc2ccccc2)cc1)c1cc(-c2ccc(Cl)cc2)n[nH]1. The highest BCUT2D eigenvalue weighted by Gasteiger charge is 2.11. The van der Waals surface area contributed by atoms with Gasteiger partial charge in [-0.05, 0) is 54.6 Å². The van der Waals surface area contributed by atoms with E-state index < -0.39 is 0 Å². The highest BCUT2D eigenvalue weighted by atomic mass is 35.5. The molecular weight excluding hydrogens is 374 g/mol. The van der Waals surface area contributed by atoms with E-state index in [-0.39, 0.29) is 5.91 Å². The Labute approximate surface area is 166 Å². The number of hydrogen-bond acceptors (Lipinski definition) is 3. The van der Waals surface area contributed by atoms with Crippen molar-refractivity contribution in [3.8, 4) is 22.8 Å². The Bertz CT molecular complexity index is 1070. The van der Waals surface area contributed by atoms with Gasteiger partial charge in [-0.25, -0.2) is 0 Å². The first kappa shape index (κ1) is 17.8. The fraction of sp³-hybridized carbons (Fsp3) is 0. The Kier molecular flexibility index (Phi) is 5.08. The van der Waals surface area contributed by atoms with E-state index in [0.29, 0.717) is 27.8 Å². The molecule has 1 amide bonds. The third kappa shape index (κ3) is 4.22. The van der Waals surface area contributed by atoms with Crippen LogP contribution in [0.5, 0.6) is 11.5 Å². The molecule has 0 aliphatic rings. The molecule has 4 rings (SSSR count). The number of para-hydroxylation sites is 1. The lowest BCUT2D eigenvalue weighted by molar-refractivity contribution is 0.102. The fourth-order valence-corrected chi connectivity index (χ4v) is 2.76. The van der Waals surface area contributed by atoms with Gasteiger partial charge in [-0.1, -0.05) is 41.9 Å². The molecule has 6 heteroatoms. The topological polar surface area (TPSA) is 67.0 Å². The van der Waals surface area contributed by atoms with Crippen molar-refractivity contribution in [1.82, 2.24) is 10.2 Å². The van der Waals surface area contributed by atoms with Crippen LogP contribution in [-0.2, 0) is 0 Å². The minimum Gasteiger partial charge on any atom is -0.457 e. The molecule has 0 unspecified atom stereocenters. The molecule has 1 aromatic heterocycles. The van der Waals surface area contributed by atoms with Gasteiger partial charge in [0.15, 0.2) is 0 Å². The zero-order chi connectivity index (χ0) is 19.3. The van der Waals surface area contributed by atoms with E-state index in [0.717, 1.165) is 11.3 Å². The smallest absolute Gasteiger partial charge is 0.273 e. The number of carbonyl (C=O) groups is 1. The van der Waals surface area contributed by atoms with Crippen LogP contribution < -0.4 is 10.1 Å². The van der Waals surface area contributed by atoms with Gasteiger partial charge in [0, 0.05) is 16.3 Å². The number of halogens is 1. The first-order chi connectivity index (χ1) is 13.7. The molecule has 1 heterocycles. The minimum absolute atomic E-state index is 0.274. The number of rotatable bonds is 5. The van der Waals surface area contributed by atoms with Crippen molar-refractivity contribution < 1.29 is 9.53 Å². The number of anilines is 1. The molecule has 2 N–H and O–H groups in total. The third-order valence-electron chi connectivity index (χ3n) is 4.05. The normalized spacial score (nSPS) is 10.5. The molecule has 0 saturated heterocycles. The van der Waals surface area contributed by atoms with Gasteiger partial charge >= 0.3 is 0 Å². The summed E-state index contributed by atoms with van der Waals surface area (Å²) in [6.45, 7) is 0. The lowest BCUT2D eigenvalue weighted by atomic mass is 10.1. The van der Waals surface area contributed by atoms with Crippen molar-refractivity contribution in [2.75, 3.05) is 5.32 Å². The van der Waals surface area contributed by atoms with Crippen LogP contribution in [0.4, 0.5) is 5.69 Å². The number of H-pyrrole nitrogens is 1. The fourth-order valence-electron chi connectivity index (χ4n) is 2.64. The number of nitrogens with one attached hydrogen (secondary N) is 2. The quantitative estimate of drug-likeness (QED) is 0.455. The molecule has 5 nitrogen and oxygen atoms in total. The molecule has 0 aliphatic heterocycles. The summed E-state index contributed by atoms with van der Waals surface area (Å²) in [5.41, 5.74) is 2.58. The van der Waals surface area contributed by atoms with E-state index in [2.05, 4.69) is 15.5 Å². The predicted molar refractivity (Wildman–Crippen MR) is 110 cm³/mol. The van der Waals surface area contributed by atoms with Crippen LogP contribution in [0.3, 0.4) is 0 Å². The summed E-state index contributed by atoms with van der Waals surface area (Å²) in [5.74, 6) is 1.17. The largest absolute Gasteiger partial charge is 0.457 e. The molecule has 28 heavy (non-hydrogen) atoms. The number of nitrogens with zero attached hydrogens (tertiary/aromatic N) is 1. The first-order valence-electron chi connectivity index (χ1n) is 8.63. The van der Waals surface area contributed by atoms with Gasteiger partial charge < -0.3 is 10.1 Å². The van der Waals surface area contributed by atoms with Crippen molar-refractivity contribution in [2.24, 2.45) is 0 Å². The minimum atomic E-state index is -0.274. The van der Waals surface area contributed by atoms with Crippen molar-refractivity contribution in [3.63, 3.8) is 0 Å². The second-order valence-electron chi connectivity index (χ2n) is 6.07. The van der Waals surface area contributed by atoms with Crippen LogP contribution >= 0.6 is 11.6 Å². The van der Waals surface area contributed by atoms with Crippen LogP contribution in [-0.4, -0.2) is 16.1 Å². The lowest BCUT2D eigenvalue weighted by Gasteiger charge is -2.07. The number of aromatic nitrogens is 2. The van der Waals surface area contributed by atoms with E-state index in [1.807, 2.05) is 42.5 Å². The monoisotopic (exact) mass is 389 g/mol. The van der Waals surface area contributed by atoms with E-state index in [9.17, 15) is 4.79 Å². The summed E-state index contributed by atoms with van der Waals surface area (Å²) in [6.07, 6.45) is 0. The van der Waals surface area contributed by atoms with Crippen LogP contribution in [0.1, 0.15) is 10.5 Å². The summed E-state index contributed by atoms with van der Waals surface area (Å²) < 4.78 is 5.75. The molecule has 0 fully saturated rings. The highest BCUT2D eigenvalue weighted by Crippen LogP contribution is 2.23. The lowest BCUT2D eigenvalue weighted by Crippen LogP contribution is -2.12. The summed E-state index contributed by atoms with van der Waals surface area (Å²) in [6, 6.07) is 25.6. The molecule has 0 saturated carbocycles. The third-order valence-corrected chi connectivity index (χ3v) is 4.31. The van der Waals surface area contributed by atoms with Crippen LogP contribution in [0, 0.1) is 0 Å². The zero-order valence-electron chi connectivity index (χ0n) is 14.7.